The van der Waals surface area contributed by atoms with Crippen LogP contribution in [0.15, 0.2) is 55.2 Å². The molecular weight excluding hydrogens is 519 g/mol. The Morgan fingerprint density at radius 3 is 2.50 bits per heavy atom. The molecule has 0 aliphatic carbocycles. The Labute approximate surface area is 180 Å². The smallest absolute Gasteiger partial charge is 0.341 e. The molecule has 2 N–H and O–H groups in total. The molecule has 0 unspecified atom stereocenters. The highest BCUT2D eigenvalue weighted by Gasteiger charge is 2.24. The van der Waals surface area contributed by atoms with Crippen molar-refractivity contribution in [1.82, 2.24) is 5.32 Å². The standard InChI is InChI=1S/C18H11Br2FN2O4S/c19-12-5-9(6-13(20)16(12)27-8-15(24)25)7-14-17(26)23-18(28-14)22-11-3-1-10(21)2-4-11/h1-7H,8H2,(H,24,25)(H,22,23,26)/b14-7+. The molecule has 0 bridgehead atoms. The first kappa shape index (κ1) is 20.6. The molecule has 0 radical (unpaired) electrons. The van der Waals surface area contributed by atoms with Crippen molar-refractivity contribution in [3.05, 3.63) is 61.6 Å². The molecule has 6 nitrogen and oxygen atoms in total. The number of carboxylic acid groups (broad SMARTS) is 1. The lowest BCUT2D eigenvalue weighted by atomic mass is 10.2. The van der Waals surface area contributed by atoms with Crippen LogP contribution in [0.1, 0.15) is 5.56 Å². The van der Waals surface area contributed by atoms with Crippen molar-refractivity contribution in [3.63, 3.8) is 0 Å². The van der Waals surface area contributed by atoms with Crippen molar-refractivity contribution in [2.24, 2.45) is 4.99 Å². The number of halogens is 3. The Bertz CT molecular complexity index is 986. The maximum atomic E-state index is 13.0. The number of amidine groups is 1. The number of nitrogens with one attached hydrogen (secondary N) is 1. The van der Waals surface area contributed by atoms with E-state index in [1.54, 1.807) is 18.2 Å². The number of thioether (sulfide) groups is 1. The van der Waals surface area contributed by atoms with Crippen molar-refractivity contribution in [2.75, 3.05) is 6.61 Å². The fourth-order valence-corrected chi connectivity index (χ4v) is 4.49. The van der Waals surface area contributed by atoms with E-state index in [0.717, 1.165) is 11.8 Å². The molecule has 0 spiro atoms. The maximum Gasteiger partial charge on any atom is 0.341 e. The topological polar surface area (TPSA) is 88.0 Å². The van der Waals surface area contributed by atoms with Gasteiger partial charge in [0.15, 0.2) is 11.8 Å². The van der Waals surface area contributed by atoms with E-state index in [2.05, 4.69) is 42.2 Å². The van der Waals surface area contributed by atoms with E-state index in [-0.39, 0.29) is 11.7 Å². The molecule has 1 aliphatic rings. The first-order valence-electron chi connectivity index (χ1n) is 7.70. The molecule has 1 aliphatic heterocycles. The third kappa shape index (κ3) is 5.21. The summed E-state index contributed by atoms with van der Waals surface area (Å²) in [7, 11) is 0. The number of carbonyl (C=O) groups excluding carboxylic acids is 1. The summed E-state index contributed by atoms with van der Waals surface area (Å²) in [4.78, 5) is 27.6. The highest BCUT2D eigenvalue weighted by molar-refractivity contribution is 9.11. The van der Waals surface area contributed by atoms with Crippen molar-refractivity contribution in [3.8, 4) is 5.75 Å². The van der Waals surface area contributed by atoms with Gasteiger partial charge in [-0.1, -0.05) is 0 Å². The van der Waals surface area contributed by atoms with Gasteiger partial charge >= 0.3 is 5.97 Å². The number of hydrogen-bond acceptors (Lipinski definition) is 5. The molecule has 10 heteroatoms. The van der Waals surface area contributed by atoms with Gasteiger partial charge in [0.25, 0.3) is 5.91 Å². The molecule has 0 atom stereocenters. The van der Waals surface area contributed by atoms with Gasteiger partial charge in [0, 0.05) is 0 Å². The zero-order valence-corrected chi connectivity index (χ0v) is 17.9. The second-order valence-corrected chi connectivity index (χ2v) is 8.19. The number of carboxylic acids is 1. The van der Waals surface area contributed by atoms with E-state index < -0.39 is 12.6 Å². The minimum absolute atomic E-state index is 0.302. The lowest BCUT2D eigenvalue weighted by Crippen LogP contribution is -2.19. The molecule has 144 valence electrons. The molecule has 0 aromatic heterocycles. The maximum absolute atomic E-state index is 13.0. The van der Waals surface area contributed by atoms with E-state index in [4.69, 9.17) is 9.84 Å². The lowest BCUT2D eigenvalue weighted by molar-refractivity contribution is -0.139. The number of aliphatic carboxylic acids is 1. The predicted octanol–water partition coefficient (Wildman–Crippen LogP) is 4.71. The summed E-state index contributed by atoms with van der Waals surface area (Å²) in [5.41, 5.74) is 1.22. The summed E-state index contributed by atoms with van der Waals surface area (Å²) in [5.74, 6) is -1.40. The van der Waals surface area contributed by atoms with Crippen LogP contribution in [0, 0.1) is 5.82 Å². The third-order valence-electron chi connectivity index (χ3n) is 3.37. The van der Waals surface area contributed by atoms with Gasteiger partial charge in [-0.3, -0.25) is 4.79 Å². The van der Waals surface area contributed by atoms with Crippen LogP contribution in [0.25, 0.3) is 6.08 Å². The Morgan fingerprint density at radius 1 is 1.25 bits per heavy atom. The largest absolute Gasteiger partial charge is 0.480 e. The number of aliphatic imine (C=N–C) groups is 1. The summed E-state index contributed by atoms with van der Waals surface area (Å²) in [6, 6.07) is 9.03. The monoisotopic (exact) mass is 528 g/mol. The fourth-order valence-electron chi connectivity index (χ4n) is 2.20. The first-order valence-corrected chi connectivity index (χ1v) is 10.1. The molecule has 2 aromatic carbocycles. The fraction of sp³-hybridized carbons (Fsp3) is 0.0556. The Balaban J connectivity index is 1.80. The number of carbonyl (C=O) groups is 2. The molecule has 0 saturated carbocycles. The van der Waals surface area contributed by atoms with Gasteiger partial charge in [-0.2, -0.15) is 0 Å². The minimum Gasteiger partial charge on any atom is -0.480 e. The quantitative estimate of drug-likeness (QED) is 0.548. The molecule has 3 rings (SSSR count). The van der Waals surface area contributed by atoms with E-state index in [9.17, 15) is 14.0 Å². The van der Waals surface area contributed by atoms with E-state index in [1.165, 1.54) is 24.3 Å². The van der Waals surface area contributed by atoms with Crippen LogP contribution in [0.2, 0.25) is 0 Å². The van der Waals surface area contributed by atoms with Crippen LogP contribution < -0.4 is 10.1 Å². The van der Waals surface area contributed by atoms with Crippen molar-refractivity contribution >= 4 is 72.4 Å². The second-order valence-electron chi connectivity index (χ2n) is 5.45. The van der Waals surface area contributed by atoms with Crippen LogP contribution in [0.3, 0.4) is 0 Å². The van der Waals surface area contributed by atoms with E-state index in [0.29, 0.717) is 36.0 Å². The number of nitrogens with zero attached hydrogens (tertiary/aromatic N) is 1. The van der Waals surface area contributed by atoms with Crippen molar-refractivity contribution < 1.29 is 23.8 Å². The summed E-state index contributed by atoms with van der Waals surface area (Å²) in [6.07, 6.45) is 1.67. The highest BCUT2D eigenvalue weighted by atomic mass is 79.9. The summed E-state index contributed by atoms with van der Waals surface area (Å²) in [6.45, 7) is -0.473. The first-order chi connectivity index (χ1) is 13.3. The number of benzene rings is 2. The average Bonchev–Trinajstić information content (AvgIpc) is 2.95. The van der Waals surface area contributed by atoms with Gasteiger partial charge in [0.1, 0.15) is 11.6 Å². The predicted molar refractivity (Wildman–Crippen MR) is 112 cm³/mol. The van der Waals surface area contributed by atoms with Gasteiger partial charge in [-0.15, -0.1) is 0 Å². The summed E-state index contributed by atoms with van der Waals surface area (Å²) < 4.78 is 19.3. The Hall–Kier alpha value is -2.17. The van der Waals surface area contributed by atoms with Gasteiger partial charge in [-0.05, 0) is 91.7 Å². The third-order valence-corrected chi connectivity index (χ3v) is 5.45. The molecule has 1 amide bonds. The van der Waals surface area contributed by atoms with E-state index in [1.807, 2.05) is 0 Å². The molecule has 1 fully saturated rings. The van der Waals surface area contributed by atoms with E-state index >= 15 is 0 Å². The van der Waals surface area contributed by atoms with Crippen LogP contribution in [0.4, 0.5) is 10.1 Å². The van der Waals surface area contributed by atoms with Crippen molar-refractivity contribution in [1.29, 1.82) is 0 Å². The lowest BCUT2D eigenvalue weighted by Gasteiger charge is -2.09. The van der Waals surface area contributed by atoms with Crippen LogP contribution in [-0.4, -0.2) is 28.8 Å². The second kappa shape index (κ2) is 8.89. The summed E-state index contributed by atoms with van der Waals surface area (Å²) >= 11 is 7.83. The zero-order valence-electron chi connectivity index (χ0n) is 13.9. The normalized spacial score (nSPS) is 16.5. The number of amides is 1. The number of rotatable bonds is 5. The van der Waals surface area contributed by atoms with Crippen LogP contribution in [-0.2, 0) is 9.59 Å². The SMILES string of the molecule is O=C(O)COc1c(Br)cc(/C=C2/SC(=Nc3ccc(F)cc3)NC2=O)cc1Br. The van der Waals surface area contributed by atoms with Crippen molar-refractivity contribution in [2.45, 2.75) is 0 Å². The molecular formula is C18H11Br2FN2O4S. The number of hydrogen-bond donors (Lipinski definition) is 2. The number of ether oxygens (including phenoxy) is 1. The molecule has 28 heavy (non-hydrogen) atoms. The van der Waals surface area contributed by atoms with Gasteiger partial charge in [-0.25, -0.2) is 14.2 Å². The summed E-state index contributed by atoms with van der Waals surface area (Å²) in [5, 5.41) is 11.8. The average molecular weight is 530 g/mol. The zero-order chi connectivity index (χ0) is 20.3. The Morgan fingerprint density at radius 2 is 1.89 bits per heavy atom. The van der Waals surface area contributed by atoms with Gasteiger partial charge < -0.3 is 15.2 Å². The van der Waals surface area contributed by atoms with Gasteiger partial charge in [0.2, 0.25) is 0 Å². The van der Waals surface area contributed by atoms with Crippen LogP contribution >= 0.6 is 43.6 Å². The van der Waals surface area contributed by atoms with Gasteiger partial charge in [0.05, 0.1) is 19.5 Å². The Kier molecular flexibility index (Phi) is 6.53. The minimum atomic E-state index is -1.09. The highest BCUT2D eigenvalue weighted by Crippen LogP contribution is 2.36. The molecule has 1 heterocycles. The molecule has 1 saturated heterocycles. The van der Waals surface area contributed by atoms with Crippen LogP contribution in [0.5, 0.6) is 5.75 Å². The molecule has 2 aromatic rings.